The van der Waals surface area contributed by atoms with E-state index >= 15 is 0 Å². The number of benzene rings is 3. The molecular weight excluding hydrogens is 436 g/mol. The molecule has 3 aliphatic rings. The first kappa shape index (κ1) is 19.7. The molecule has 0 aliphatic heterocycles. The van der Waals surface area contributed by atoms with E-state index in [-0.39, 0.29) is 17.7 Å². The van der Waals surface area contributed by atoms with Crippen molar-refractivity contribution in [1.82, 2.24) is 4.98 Å². The summed E-state index contributed by atoms with van der Waals surface area (Å²) in [6.07, 6.45) is 0.796. The Morgan fingerprint density at radius 2 is 1.66 bits per heavy atom. The van der Waals surface area contributed by atoms with Gasteiger partial charge in [0.2, 0.25) is 5.91 Å². The summed E-state index contributed by atoms with van der Waals surface area (Å²) >= 11 is 7.58. The fourth-order valence-corrected chi connectivity index (χ4v) is 6.45. The molecular formula is C27H21ClN2OS. The Labute approximate surface area is 196 Å². The molecule has 32 heavy (non-hydrogen) atoms. The number of fused-ring (bicyclic) bond motifs is 1. The number of hydrogen-bond donors (Lipinski definition) is 1. The lowest BCUT2D eigenvalue weighted by Gasteiger charge is -2.50. The van der Waals surface area contributed by atoms with E-state index in [2.05, 4.69) is 65.8 Å². The number of anilines is 1. The maximum Gasteiger partial charge on any atom is 0.233 e. The molecule has 1 atom stereocenters. The highest BCUT2D eigenvalue weighted by atomic mass is 35.5. The standard InChI is InChI=1S/C27H21ClN2OS/c1-27(25(31)30-26-29-23(15-32-26)16-7-6-8-17(28)13-16)14-22-18-9-2-4-11-20(18)24(27)21-12-5-3-10-19(21)22/h2-13,15,22,24H,14H2,1H3,(H,29,30,31)/t22?,24?,27-/m0/s1. The van der Waals surface area contributed by atoms with Crippen molar-refractivity contribution in [1.29, 1.82) is 0 Å². The number of halogens is 1. The van der Waals surface area contributed by atoms with Crippen LogP contribution in [0.25, 0.3) is 11.3 Å². The van der Waals surface area contributed by atoms with Gasteiger partial charge in [0, 0.05) is 27.8 Å². The molecule has 158 valence electrons. The molecule has 3 aromatic carbocycles. The minimum Gasteiger partial charge on any atom is -0.301 e. The number of hydrogen-bond acceptors (Lipinski definition) is 3. The molecule has 5 heteroatoms. The number of rotatable bonds is 3. The Hall–Kier alpha value is -2.95. The van der Waals surface area contributed by atoms with E-state index in [1.165, 1.54) is 33.6 Å². The maximum absolute atomic E-state index is 13.7. The molecule has 1 N–H and O–H groups in total. The lowest BCUT2D eigenvalue weighted by molar-refractivity contribution is -0.126. The summed E-state index contributed by atoms with van der Waals surface area (Å²) in [5.74, 6) is 0.303. The number of thiazole rings is 1. The third-order valence-electron chi connectivity index (χ3n) is 6.99. The molecule has 3 aliphatic carbocycles. The molecule has 1 amide bonds. The van der Waals surface area contributed by atoms with Crippen molar-refractivity contribution in [2.75, 3.05) is 5.32 Å². The van der Waals surface area contributed by atoms with Gasteiger partial charge < -0.3 is 5.32 Å². The molecule has 7 rings (SSSR count). The fourth-order valence-electron chi connectivity index (χ4n) is 5.54. The maximum atomic E-state index is 13.7. The van der Waals surface area contributed by atoms with Crippen molar-refractivity contribution in [3.63, 3.8) is 0 Å². The summed E-state index contributed by atoms with van der Waals surface area (Å²) in [7, 11) is 0. The molecule has 0 spiro atoms. The molecule has 1 heterocycles. The van der Waals surface area contributed by atoms with Crippen LogP contribution in [0, 0.1) is 5.41 Å². The van der Waals surface area contributed by atoms with Crippen LogP contribution in [-0.4, -0.2) is 10.9 Å². The van der Waals surface area contributed by atoms with Crippen molar-refractivity contribution in [2.45, 2.75) is 25.2 Å². The molecule has 4 aromatic rings. The Kier molecular flexibility index (Phi) is 4.49. The van der Waals surface area contributed by atoms with Crippen LogP contribution >= 0.6 is 22.9 Å². The van der Waals surface area contributed by atoms with Gasteiger partial charge in [0.05, 0.1) is 11.1 Å². The number of carbonyl (C=O) groups excluding carboxylic acids is 1. The van der Waals surface area contributed by atoms with Crippen molar-refractivity contribution < 1.29 is 4.79 Å². The van der Waals surface area contributed by atoms with E-state index < -0.39 is 5.41 Å². The Morgan fingerprint density at radius 1 is 1.00 bits per heavy atom. The summed E-state index contributed by atoms with van der Waals surface area (Å²) in [6, 6.07) is 24.8. The van der Waals surface area contributed by atoms with Crippen LogP contribution in [0.4, 0.5) is 5.13 Å². The lowest BCUT2D eigenvalue weighted by Crippen LogP contribution is -2.47. The summed E-state index contributed by atoms with van der Waals surface area (Å²) in [5.41, 5.74) is 6.49. The van der Waals surface area contributed by atoms with Crippen LogP contribution in [0.2, 0.25) is 5.02 Å². The average molecular weight is 457 g/mol. The van der Waals surface area contributed by atoms with Gasteiger partial charge >= 0.3 is 0 Å². The van der Waals surface area contributed by atoms with Crippen LogP contribution in [0.15, 0.2) is 78.2 Å². The number of nitrogens with zero attached hydrogens (tertiary/aromatic N) is 1. The number of amides is 1. The summed E-state index contributed by atoms with van der Waals surface area (Å²) < 4.78 is 0. The van der Waals surface area contributed by atoms with Gasteiger partial charge in [-0.15, -0.1) is 11.3 Å². The van der Waals surface area contributed by atoms with Gasteiger partial charge in [-0.1, -0.05) is 72.3 Å². The average Bonchev–Trinajstić information content (AvgIpc) is 3.28. The van der Waals surface area contributed by atoms with Crippen LogP contribution in [0.5, 0.6) is 0 Å². The number of nitrogens with one attached hydrogen (secondary N) is 1. The largest absolute Gasteiger partial charge is 0.301 e. The first-order chi connectivity index (χ1) is 15.5. The van der Waals surface area contributed by atoms with E-state index in [0.717, 1.165) is 17.7 Å². The van der Waals surface area contributed by atoms with Crippen LogP contribution in [0.1, 0.15) is 47.4 Å². The van der Waals surface area contributed by atoms with Crippen molar-refractivity contribution in [3.8, 4) is 11.3 Å². The third-order valence-corrected chi connectivity index (χ3v) is 7.99. The molecule has 2 bridgehead atoms. The predicted molar refractivity (Wildman–Crippen MR) is 130 cm³/mol. The number of carbonyl (C=O) groups is 1. The summed E-state index contributed by atoms with van der Waals surface area (Å²) in [6.45, 7) is 2.11. The first-order valence-corrected chi connectivity index (χ1v) is 12.0. The van der Waals surface area contributed by atoms with Crippen LogP contribution < -0.4 is 5.32 Å². The highest BCUT2D eigenvalue weighted by Gasteiger charge is 2.53. The third kappa shape index (κ3) is 2.94. The highest BCUT2D eigenvalue weighted by Crippen LogP contribution is 2.61. The molecule has 3 nitrogen and oxygen atoms in total. The second-order valence-electron chi connectivity index (χ2n) is 8.87. The van der Waals surface area contributed by atoms with Gasteiger partial charge in [-0.05, 0) is 47.7 Å². The zero-order chi connectivity index (χ0) is 21.9. The Morgan fingerprint density at radius 3 is 2.31 bits per heavy atom. The topological polar surface area (TPSA) is 42.0 Å². The fraction of sp³-hybridized carbons (Fsp3) is 0.185. The molecule has 0 unspecified atom stereocenters. The van der Waals surface area contributed by atoms with Crippen molar-refractivity contribution in [2.24, 2.45) is 5.41 Å². The van der Waals surface area contributed by atoms with Gasteiger partial charge in [0.25, 0.3) is 0 Å². The predicted octanol–water partition coefficient (Wildman–Crippen LogP) is 7.09. The van der Waals surface area contributed by atoms with Gasteiger partial charge in [-0.2, -0.15) is 0 Å². The molecule has 1 aromatic heterocycles. The molecule has 0 saturated carbocycles. The lowest BCUT2D eigenvalue weighted by atomic mass is 9.52. The minimum absolute atomic E-state index is 0.0310. The van der Waals surface area contributed by atoms with Gasteiger partial charge in [-0.25, -0.2) is 4.98 Å². The first-order valence-electron chi connectivity index (χ1n) is 10.8. The van der Waals surface area contributed by atoms with Gasteiger partial charge in [0.1, 0.15) is 0 Å². The minimum atomic E-state index is -0.546. The van der Waals surface area contributed by atoms with Crippen molar-refractivity contribution >= 4 is 34.0 Å². The zero-order valence-corrected chi connectivity index (χ0v) is 19.1. The molecule has 0 radical (unpaired) electrons. The second kappa shape index (κ2) is 7.29. The van der Waals surface area contributed by atoms with Gasteiger partial charge in [0.15, 0.2) is 5.13 Å². The van der Waals surface area contributed by atoms with E-state index in [1.807, 2.05) is 29.6 Å². The Balaban J connectivity index is 1.35. The molecule has 0 saturated heterocycles. The van der Waals surface area contributed by atoms with E-state index in [4.69, 9.17) is 11.6 Å². The number of aromatic nitrogens is 1. The SMILES string of the molecule is C[C@]1(C(=O)Nc2nc(-c3cccc(Cl)c3)cs2)CC2c3ccccc3C1c1ccccc12. The summed E-state index contributed by atoms with van der Waals surface area (Å²) in [4.78, 5) is 18.4. The van der Waals surface area contributed by atoms with E-state index in [9.17, 15) is 4.79 Å². The van der Waals surface area contributed by atoms with Crippen LogP contribution in [-0.2, 0) is 4.79 Å². The second-order valence-corrected chi connectivity index (χ2v) is 10.2. The Bertz CT molecular complexity index is 1320. The van der Waals surface area contributed by atoms with E-state index in [0.29, 0.717) is 10.2 Å². The zero-order valence-electron chi connectivity index (χ0n) is 17.5. The molecule has 0 fully saturated rings. The van der Waals surface area contributed by atoms with E-state index in [1.54, 1.807) is 0 Å². The van der Waals surface area contributed by atoms with Crippen molar-refractivity contribution in [3.05, 3.63) is 105 Å². The monoisotopic (exact) mass is 456 g/mol. The van der Waals surface area contributed by atoms with Crippen LogP contribution in [0.3, 0.4) is 0 Å². The highest BCUT2D eigenvalue weighted by molar-refractivity contribution is 7.14. The summed E-state index contributed by atoms with van der Waals surface area (Å²) in [5, 5.41) is 6.39. The quantitative estimate of drug-likeness (QED) is 0.357. The smallest absolute Gasteiger partial charge is 0.233 e. The normalized spacial score (nSPS) is 22.8. The van der Waals surface area contributed by atoms with Gasteiger partial charge in [-0.3, -0.25) is 4.79 Å².